The summed E-state index contributed by atoms with van der Waals surface area (Å²) in [5, 5.41) is 14.1. The highest BCUT2D eigenvalue weighted by Crippen LogP contribution is 2.29. The number of aryl methyl sites for hydroxylation is 1. The molecule has 2 aromatic rings. The van der Waals surface area contributed by atoms with Crippen molar-refractivity contribution in [1.29, 1.82) is 0 Å². The molecule has 10 heteroatoms. The molecular weight excluding hydrogens is 456 g/mol. The van der Waals surface area contributed by atoms with Gasteiger partial charge in [-0.25, -0.2) is 8.42 Å². The SMILES string of the molecule is Cc1ccc([N+](=O)[O-])cc1N([C@@H](C)C(=O)NCc1ccccc1CN1CCCCC1)S(C)(=O)=O. The summed E-state index contributed by atoms with van der Waals surface area (Å²) in [6, 6.07) is 10.8. The molecule has 3 rings (SSSR count). The average molecular weight is 489 g/mol. The van der Waals surface area contributed by atoms with Crippen LogP contribution in [0.4, 0.5) is 11.4 Å². The first-order valence-corrected chi connectivity index (χ1v) is 13.2. The van der Waals surface area contributed by atoms with Crippen LogP contribution >= 0.6 is 0 Å². The number of benzene rings is 2. The molecule has 0 unspecified atom stereocenters. The number of amides is 1. The van der Waals surface area contributed by atoms with Gasteiger partial charge in [0.05, 0.1) is 16.9 Å². The Hall–Kier alpha value is -2.98. The zero-order chi connectivity index (χ0) is 24.9. The van der Waals surface area contributed by atoms with Crippen molar-refractivity contribution in [2.24, 2.45) is 0 Å². The van der Waals surface area contributed by atoms with Gasteiger partial charge in [-0.1, -0.05) is 36.8 Å². The van der Waals surface area contributed by atoms with Gasteiger partial charge in [0.15, 0.2) is 0 Å². The number of piperidine rings is 1. The molecule has 1 N–H and O–H groups in total. The standard InChI is InChI=1S/C24H32N4O5S/c1-18-11-12-22(28(30)31)15-23(18)27(34(3,32)33)19(2)24(29)25-16-20-9-5-6-10-21(20)17-26-13-7-4-8-14-26/h5-6,9-12,15,19H,4,7-8,13-14,16-17H2,1-3H3,(H,25,29)/t19-/m0/s1. The van der Waals surface area contributed by atoms with Crippen LogP contribution in [0.2, 0.25) is 0 Å². The summed E-state index contributed by atoms with van der Waals surface area (Å²) in [6.45, 7) is 6.32. The molecule has 1 atom stereocenters. The highest BCUT2D eigenvalue weighted by atomic mass is 32.2. The van der Waals surface area contributed by atoms with Crippen LogP contribution in [0.1, 0.15) is 42.9 Å². The van der Waals surface area contributed by atoms with Gasteiger partial charge in [0.25, 0.3) is 5.69 Å². The second-order valence-corrected chi connectivity index (χ2v) is 10.6. The number of carbonyl (C=O) groups excluding carboxylic acids is 1. The summed E-state index contributed by atoms with van der Waals surface area (Å²) in [5.74, 6) is -0.482. The summed E-state index contributed by atoms with van der Waals surface area (Å²) in [4.78, 5) is 26.1. The van der Waals surface area contributed by atoms with Crippen molar-refractivity contribution in [2.45, 2.75) is 52.2 Å². The Balaban J connectivity index is 1.78. The molecule has 34 heavy (non-hydrogen) atoms. The smallest absolute Gasteiger partial charge is 0.271 e. The average Bonchev–Trinajstić information content (AvgIpc) is 2.79. The van der Waals surface area contributed by atoms with Crippen molar-refractivity contribution in [3.8, 4) is 0 Å². The molecule has 9 nitrogen and oxygen atoms in total. The van der Waals surface area contributed by atoms with Crippen molar-refractivity contribution >= 4 is 27.3 Å². The van der Waals surface area contributed by atoms with Crippen LogP contribution in [0.5, 0.6) is 0 Å². The van der Waals surface area contributed by atoms with Crippen LogP contribution in [-0.4, -0.2) is 49.5 Å². The van der Waals surface area contributed by atoms with Gasteiger partial charge in [-0.15, -0.1) is 0 Å². The summed E-state index contributed by atoms with van der Waals surface area (Å²) in [7, 11) is -3.89. The number of nitrogens with zero attached hydrogens (tertiary/aromatic N) is 3. The maximum atomic E-state index is 13.0. The molecule has 2 aromatic carbocycles. The molecule has 0 radical (unpaired) electrons. The Morgan fingerprint density at radius 3 is 2.41 bits per heavy atom. The van der Waals surface area contributed by atoms with Crippen molar-refractivity contribution in [3.63, 3.8) is 0 Å². The number of nitro benzene ring substituents is 1. The lowest BCUT2D eigenvalue weighted by Gasteiger charge is -2.29. The van der Waals surface area contributed by atoms with E-state index in [4.69, 9.17) is 0 Å². The zero-order valence-corrected chi connectivity index (χ0v) is 20.7. The van der Waals surface area contributed by atoms with Gasteiger partial charge >= 0.3 is 0 Å². The molecule has 1 saturated heterocycles. The molecule has 1 amide bonds. The van der Waals surface area contributed by atoms with Crippen LogP contribution in [0.3, 0.4) is 0 Å². The van der Waals surface area contributed by atoms with Gasteiger partial charge < -0.3 is 5.32 Å². The maximum Gasteiger partial charge on any atom is 0.271 e. The van der Waals surface area contributed by atoms with Crippen LogP contribution in [0.15, 0.2) is 42.5 Å². The van der Waals surface area contributed by atoms with Gasteiger partial charge in [-0.05, 0) is 56.5 Å². The Kier molecular flexibility index (Phi) is 8.27. The van der Waals surface area contributed by atoms with E-state index in [1.54, 1.807) is 6.92 Å². The van der Waals surface area contributed by atoms with Gasteiger partial charge in [0.1, 0.15) is 6.04 Å². The third-order valence-electron chi connectivity index (χ3n) is 6.14. The number of carbonyl (C=O) groups is 1. The molecule has 0 spiro atoms. The van der Waals surface area contributed by atoms with E-state index in [0.29, 0.717) is 5.56 Å². The second kappa shape index (κ2) is 11.0. The van der Waals surface area contributed by atoms with E-state index in [1.165, 1.54) is 44.4 Å². The molecule has 1 aliphatic rings. The lowest BCUT2D eigenvalue weighted by atomic mass is 10.0. The Bertz CT molecular complexity index is 1150. The molecule has 0 aromatic heterocycles. The molecule has 184 valence electrons. The molecule has 1 fully saturated rings. The number of nitro groups is 1. The van der Waals surface area contributed by atoms with E-state index >= 15 is 0 Å². The van der Waals surface area contributed by atoms with E-state index in [9.17, 15) is 23.3 Å². The summed E-state index contributed by atoms with van der Waals surface area (Å²) in [6.07, 6.45) is 4.62. The quantitative estimate of drug-likeness (QED) is 0.428. The minimum absolute atomic E-state index is 0.116. The number of rotatable bonds is 9. The molecule has 0 saturated carbocycles. The highest BCUT2D eigenvalue weighted by molar-refractivity contribution is 7.92. The second-order valence-electron chi connectivity index (χ2n) is 8.79. The fourth-order valence-corrected chi connectivity index (χ4v) is 5.53. The van der Waals surface area contributed by atoms with Crippen molar-refractivity contribution < 1.29 is 18.1 Å². The van der Waals surface area contributed by atoms with Gasteiger partial charge in [0.2, 0.25) is 15.9 Å². The van der Waals surface area contributed by atoms with Crippen LogP contribution in [0, 0.1) is 17.0 Å². The number of nitrogens with one attached hydrogen (secondary N) is 1. The summed E-state index contributed by atoms with van der Waals surface area (Å²) < 4.78 is 26.2. The monoisotopic (exact) mass is 488 g/mol. The van der Waals surface area contributed by atoms with E-state index in [1.807, 2.05) is 18.2 Å². The third kappa shape index (κ3) is 6.32. The highest BCUT2D eigenvalue weighted by Gasteiger charge is 2.31. The van der Waals surface area contributed by atoms with Crippen LogP contribution in [-0.2, 0) is 27.9 Å². The van der Waals surface area contributed by atoms with Crippen molar-refractivity contribution in [3.05, 3.63) is 69.3 Å². The van der Waals surface area contributed by atoms with E-state index in [0.717, 1.165) is 41.3 Å². The van der Waals surface area contributed by atoms with E-state index in [2.05, 4.69) is 16.3 Å². The van der Waals surface area contributed by atoms with E-state index < -0.39 is 26.9 Å². The molecule has 0 bridgehead atoms. The zero-order valence-electron chi connectivity index (χ0n) is 19.9. The first kappa shape index (κ1) is 25.6. The Morgan fingerprint density at radius 1 is 1.15 bits per heavy atom. The predicted molar refractivity (Wildman–Crippen MR) is 132 cm³/mol. The van der Waals surface area contributed by atoms with Crippen molar-refractivity contribution in [1.82, 2.24) is 10.2 Å². The number of sulfonamides is 1. The first-order valence-electron chi connectivity index (χ1n) is 11.4. The Morgan fingerprint density at radius 2 is 1.79 bits per heavy atom. The predicted octanol–water partition coefficient (Wildman–Crippen LogP) is 3.36. The van der Waals surface area contributed by atoms with Crippen molar-refractivity contribution in [2.75, 3.05) is 23.7 Å². The minimum atomic E-state index is -3.89. The molecule has 0 aliphatic carbocycles. The van der Waals surface area contributed by atoms with Gasteiger partial charge in [0, 0.05) is 25.2 Å². The number of hydrogen-bond acceptors (Lipinski definition) is 6. The van der Waals surface area contributed by atoms with E-state index in [-0.39, 0.29) is 17.9 Å². The largest absolute Gasteiger partial charge is 0.350 e. The first-order chi connectivity index (χ1) is 16.1. The summed E-state index contributed by atoms with van der Waals surface area (Å²) in [5.41, 5.74) is 2.50. The fourth-order valence-electron chi connectivity index (χ4n) is 4.30. The lowest BCUT2D eigenvalue weighted by molar-refractivity contribution is -0.384. The van der Waals surface area contributed by atoms with Crippen LogP contribution in [0.25, 0.3) is 0 Å². The minimum Gasteiger partial charge on any atom is -0.350 e. The fraction of sp³-hybridized carbons (Fsp3) is 0.458. The normalized spacial score (nSPS) is 15.5. The van der Waals surface area contributed by atoms with Gasteiger partial charge in [-0.2, -0.15) is 0 Å². The number of likely N-dealkylation sites (tertiary alicyclic amines) is 1. The third-order valence-corrected chi connectivity index (χ3v) is 7.37. The molecule has 1 heterocycles. The number of hydrogen-bond donors (Lipinski definition) is 1. The number of anilines is 1. The van der Waals surface area contributed by atoms with Crippen LogP contribution < -0.4 is 9.62 Å². The Labute approximate surface area is 201 Å². The number of non-ortho nitro benzene ring substituents is 1. The van der Waals surface area contributed by atoms with Gasteiger partial charge in [-0.3, -0.25) is 24.1 Å². The summed E-state index contributed by atoms with van der Waals surface area (Å²) >= 11 is 0. The maximum absolute atomic E-state index is 13.0. The topological polar surface area (TPSA) is 113 Å². The lowest BCUT2D eigenvalue weighted by Crippen LogP contribution is -2.48. The molecular formula is C24H32N4O5S. The molecule has 1 aliphatic heterocycles.